The van der Waals surface area contributed by atoms with Gasteiger partial charge in [0.05, 0.1) is 18.8 Å². The minimum Gasteiger partial charge on any atom is -0.370 e. The Labute approximate surface area is 219 Å². The monoisotopic (exact) mass is 497 g/mol. The summed E-state index contributed by atoms with van der Waals surface area (Å²) in [5, 5.41) is 3.26. The SMILES string of the molecule is CCC(=O)N[C@@H]1c2ccccc2C2(CCN(C(=O)c3cc(C)ccc3C)CC2)[C@H]1OCc1cccnc1. The van der Waals surface area contributed by atoms with Crippen LogP contribution < -0.4 is 5.32 Å². The van der Waals surface area contributed by atoms with E-state index in [9.17, 15) is 9.59 Å². The van der Waals surface area contributed by atoms with Crippen LogP contribution in [0.25, 0.3) is 0 Å². The lowest BCUT2D eigenvalue weighted by Gasteiger charge is -2.44. The van der Waals surface area contributed by atoms with Gasteiger partial charge in [-0.25, -0.2) is 0 Å². The number of aromatic nitrogens is 1. The molecule has 0 unspecified atom stereocenters. The van der Waals surface area contributed by atoms with Gasteiger partial charge in [0.25, 0.3) is 5.91 Å². The first-order valence-electron chi connectivity index (χ1n) is 13.2. The molecule has 2 aromatic carbocycles. The second-order valence-corrected chi connectivity index (χ2v) is 10.3. The van der Waals surface area contributed by atoms with Crippen LogP contribution in [0.1, 0.15) is 70.4 Å². The van der Waals surface area contributed by atoms with Crippen LogP contribution in [0.4, 0.5) is 0 Å². The van der Waals surface area contributed by atoms with E-state index in [4.69, 9.17) is 4.74 Å². The molecule has 2 aliphatic rings. The van der Waals surface area contributed by atoms with Gasteiger partial charge in [0.1, 0.15) is 0 Å². The summed E-state index contributed by atoms with van der Waals surface area (Å²) in [4.78, 5) is 32.3. The second-order valence-electron chi connectivity index (χ2n) is 10.3. The van der Waals surface area contributed by atoms with Crippen molar-refractivity contribution in [2.45, 2.75) is 64.2 Å². The van der Waals surface area contributed by atoms with Crippen LogP contribution in [0.2, 0.25) is 0 Å². The van der Waals surface area contributed by atoms with Crippen molar-refractivity contribution < 1.29 is 14.3 Å². The molecule has 5 rings (SSSR count). The summed E-state index contributed by atoms with van der Waals surface area (Å²) < 4.78 is 6.68. The Kier molecular flexibility index (Phi) is 7.11. The maximum Gasteiger partial charge on any atom is 0.254 e. The van der Waals surface area contributed by atoms with Gasteiger partial charge in [-0.1, -0.05) is 55.0 Å². The molecule has 2 atom stereocenters. The number of hydrogen-bond acceptors (Lipinski definition) is 4. The largest absolute Gasteiger partial charge is 0.370 e. The Balaban J connectivity index is 1.45. The normalized spacial score (nSPS) is 20.0. The summed E-state index contributed by atoms with van der Waals surface area (Å²) in [6, 6.07) is 18.1. The molecule has 3 aromatic rings. The lowest BCUT2D eigenvalue weighted by Crippen LogP contribution is -2.52. The van der Waals surface area contributed by atoms with E-state index in [1.807, 2.05) is 68.3 Å². The Morgan fingerprint density at radius 3 is 2.59 bits per heavy atom. The fourth-order valence-electron chi connectivity index (χ4n) is 6.01. The number of carbonyl (C=O) groups excluding carboxylic acids is 2. The third-order valence-electron chi connectivity index (χ3n) is 8.04. The number of carbonyl (C=O) groups is 2. The third-order valence-corrected chi connectivity index (χ3v) is 8.04. The molecule has 1 fully saturated rings. The van der Waals surface area contributed by atoms with Crippen LogP contribution in [0.15, 0.2) is 67.0 Å². The Morgan fingerprint density at radius 2 is 1.86 bits per heavy atom. The third kappa shape index (κ3) is 4.78. The number of benzene rings is 2. The van der Waals surface area contributed by atoms with Crippen molar-refractivity contribution in [3.63, 3.8) is 0 Å². The highest BCUT2D eigenvalue weighted by Crippen LogP contribution is 2.52. The molecular weight excluding hydrogens is 462 g/mol. The second kappa shape index (κ2) is 10.5. The van der Waals surface area contributed by atoms with Gasteiger partial charge in [0.15, 0.2) is 0 Å². The quantitative estimate of drug-likeness (QED) is 0.518. The first kappa shape index (κ1) is 25.2. The molecule has 1 aliphatic carbocycles. The van der Waals surface area contributed by atoms with Crippen molar-refractivity contribution in [2.75, 3.05) is 13.1 Å². The van der Waals surface area contributed by atoms with Gasteiger partial charge in [-0.15, -0.1) is 0 Å². The molecule has 1 aliphatic heterocycles. The zero-order valence-electron chi connectivity index (χ0n) is 21.9. The first-order valence-corrected chi connectivity index (χ1v) is 13.2. The molecule has 6 heteroatoms. The molecule has 2 heterocycles. The van der Waals surface area contributed by atoms with Crippen LogP contribution in [-0.2, 0) is 21.6 Å². The van der Waals surface area contributed by atoms with Crippen molar-refractivity contribution in [2.24, 2.45) is 0 Å². The Morgan fingerprint density at radius 1 is 1.08 bits per heavy atom. The van der Waals surface area contributed by atoms with Gasteiger partial charge in [-0.05, 0) is 61.1 Å². The van der Waals surface area contributed by atoms with Crippen LogP contribution in [-0.4, -0.2) is 40.9 Å². The molecule has 2 amide bonds. The van der Waals surface area contributed by atoms with Crippen LogP contribution in [0.5, 0.6) is 0 Å². The van der Waals surface area contributed by atoms with Crippen molar-refractivity contribution in [1.29, 1.82) is 0 Å². The van der Waals surface area contributed by atoms with Crippen molar-refractivity contribution in [3.05, 3.63) is 100 Å². The van der Waals surface area contributed by atoms with Crippen molar-refractivity contribution in [1.82, 2.24) is 15.2 Å². The molecule has 37 heavy (non-hydrogen) atoms. The number of rotatable bonds is 6. The fourth-order valence-corrected chi connectivity index (χ4v) is 6.01. The number of ether oxygens (including phenoxy) is 1. The van der Waals surface area contributed by atoms with Gasteiger partial charge in [0, 0.05) is 42.9 Å². The molecule has 0 saturated carbocycles. The lowest BCUT2D eigenvalue weighted by atomic mass is 9.71. The van der Waals surface area contributed by atoms with Crippen LogP contribution in [0, 0.1) is 13.8 Å². The molecule has 192 valence electrons. The molecular formula is C31H35N3O3. The Hall–Kier alpha value is -3.51. The van der Waals surface area contributed by atoms with Gasteiger partial charge in [-0.3, -0.25) is 14.6 Å². The number of nitrogens with zero attached hydrogens (tertiary/aromatic N) is 2. The fraction of sp³-hybridized carbons (Fsp3) is 0.387. The average molecular weight is 498 g/mol. The van der Waals surface area contributed by atoms with E-state index in [-0.39, 0.29) is 29.4 Å². The van der Waals surface area contributed by atoms with Gasteiger partial charge >= 0.3 is 0 Å². The average Bonchev–Trinajstić information content (AvgIpc) is 3.17. The van der Waals surface area contributed by atoms with Gasteiger partial charge in [0.2, 0.25) is 5.91 Å². The van der Waals surface area contributed by atoms with E-state index < -0.39 is 0 Å². The van der Waals surface area contributed by atoms with E-state index in [1.165, 1.54) is 5.56 Å². The molecule has 1 aromatic heterocycles. The molecule has 1 spiro atoms. The van der Waals surface area contributed by atoms with E-state index in [0.29, 0.717) is 26.1 Å². The number of likely N-dealkylation sites (tertiary alicyclic amines) is 1. The molecule has 6 nitrogen and oxygen atoms in total. The number of nitrogens with one attached hydrogen (secondary N) is 1. The van der Waals surface area contributed by atoms with Crippen LogP contribution >= 0.6 is 0 Å². The number of fused-ring (bicyclic) bond motifs is 2. The van der Waals surface area contributed by atoms with Gasteiger partial charge in [-0.2, -0.15) is 0 Å². The number of hydrogen-bond donors (Lipinski definition) is 1. The summed E-state index contributed by atoms with van der Waals surface area (Å²) >= 11 is 0. The predicted octanol–water partition coefficient (Wildman–Crippen LogP) is 5.04. The van der Waals surface area contributed by atoms with E-state index >= 15 is 0 Å². The van der Waals surface area contributed by atoms with Crippen molar-refractivity contribution >= 4 is 11.8 Å². The van der Waals surface area contributed by atoms with Gasteiger partial charge < -0.3 is 15.0 Å². The van der Waals surface area contributed by atoms with E-state index in [1.54, 1.807) is 6.20 Å². The predicted molar refractivity (Wildman–Crippen MR) is 143 cm³/mol. The number of aryl methyl sites for hydroxylation is 2. The van der Waals surface area contributed by atoms with Crippen LogP contribution in [0.3, 0.4) is 0 Å². The zero-order chi connectivity index (χ0) is 26.0. The molecule has 0 radical (unpaired) electrons. The first-order chi connectivity index (χ1) is 17.9. The number of pyridine rings is 1. The molecule has 0 bridgehead atoms. The summed E-state index contributed by atoms with van der Waals surface area (Å²) in [6.45, 7) is 7.58. The zero-order valence-corrected chi connectivity index (χ0v) is 21.9. The molecule has 1 saturated heterocycles. The summed E-state index contributed by atoms with van der Waals surface area (Å²) in [7, 11) is 0. The maximum absolute atomic E-state index is 13.5. The highest BCUT2D eigenvalue weighted by Gasteiger charge is 2.54. The smallest absolute Gasteiger partial charge is 0.254 e. The highest BCUT2D eigenvalue weighted by molar-refractivity contribution is 5.96. The van der Waals surface area contributed by atoms with E-state index in [0.717, 1.165) is 40.7 Å². The highest BCUT2D eigenvalue weighted by atomic mass is 16.5. The standard InChI is InChI=1S/C31H35N3O3/c1-4-27(35)33-28-24-9-5-6-10-26(24)31(29(28)37-20-23-8-7-15-32-19-23)13-16-34(17-14-31)30(36)25-18-21(2)11-12-22(25)3/h5-12,15,18-19,28-29H,4,13-14,16-17,20H2,1-3H3,(H,33,35)/t28-,29+/m1/s1. The van der Waals surface area contributed by atoms with Crippen molar-refractivity contribution in [3.8, 4) is 0 Å². The minimum absolute atomic E-state index is 0.00867. The molecule has 1 N–H and O–H groups in total. The summed E-state index contributed by atoms with van der Waals surface area (Å²) in [6.07, 6.45) is 5.30. The lowest BCUT2D eigenvalue weighted by molar-refractivity contribution is -0.123. The van der Waals surface area contributed by atoms with E-state index in [2.05, 4.69) is 28.5 Å². The summed E-state index contributed by atoms with van der Waals surface area (Å²) in [5.41, 5.74) is 5.92. The Bertz CT molecular complexity index is 1280. The number of piperidine rings is 1. The number of amides is 2. The summed E-state index contributed by atoms with van der Waals surface area (Å²) in [5.74, 6) is 0.0976. The maximum atomic E-state index is 13.5. The minimum atomic E-state index is -0.289. The topological polar surface area (TPSA) is 71.5 Å².